The first-order valence-electron chi connectivity index (χ1n) is 10.9. The number of urea groups is 1. The largest absolute Gasteiger partial charge is 0.396 e. The van der Waals surface area contributed by atoms with Crippen LogP contribution in [0.3, 0.4) is 0 Å². The minimum absolute atomic E-state index is 0.00415. The molecule has 2 aromatic carbocycles. The molecule has 7 nitrogen and oxygen atoms in total. The Hall–Kier alpha value is -2.10. The van der Waals surface area contributed by atoms with Crippen LogP contribution in [0.5, 0.6) is 0 Å². The highest BCUT2D eigenvalue weighted by Gasteiger charge is 2.38. The number of thioether (sulfide) groups is 1. The lowest BCUT2D eigenvalue weighted by Crippen LogP contribution is -2.38. The number of aliphatic hydroxyl groups is 2. The van der Waals surface area contributed by atoms with Crippen molar-refractivity contribution < 1.29 is 24.5 Å². The summed E-state index contributed by atoms with van der Waals surface area (Å²) >= 11 is 1.66. The van der Waals surface area contributed by atoms with Crippen LogP contribution in [0.15, 0.2) is 48.5 Å². The van der Waals surface area contributed by atoms with Crippen molar-refractivity contribution in [1.29, 1.82) is 0 Å². The van der Waals surface area contributed by atoms with E-state index in [1.54, 1.807) is 11.8 Å². The van der Waals surface area contributed by atoms with Gasteiger partial charge < -0.3 is 30.3 Å². The highest BCUT2D eigenvalue weighted by atomic mass is 32.2. The average Bonchev–Trinajstić information content (AvgIpc) is 2.81. The maximum atomic E-state index is 11.7. The zero-order chi connectivity index (χ0) is 22.9. The summed E-state index contributed by atoms with van der Waals surface area (Å²) in [6, 6.07) is 15.0. The highest BCUT2D eigenvalue weighted by molar-refractivity contribution is 7.99. The Labute approximate surface area is 193 Å². The normalized spacial score (nSPS) is 23.0. The summed E-state index contributed by atoms with van der Waals surface area (Å²) in [4.78, 5) is 11.7. The van der Waals surface area contributed by atoms with Gasteiger partial charge in [0, 0.05) is 35.2 Å². The van der Waals surface area contributed by atoms with Crippen LogP contribution < -0.4 is 10.6 Å². The minimum Gasteiger partial charge on any atom is -0.396 e. The Morgan fingerprint density at radius 3 is 2.34 bits per heavy atom. The van der Waals surface area contributed by atoms with E-state index in [1.165, 1.54) is 0 Å². The van der Waals surface area contributed by atoms with Gasteiger partial charge in [0.15, 0.2) is 6.29 Å². The molecule has 0 spiro atoms. The molecule has 2 aromatic rings. The van der Waals surface area contributed by atoms with Crippen molar-refractivity contribution in [1.82, 2.24) is 5.32 Å². The summed E-state index contributed by atoms with van der Waals surface area (Å²) in [7, 11) is 0. The van der Waals surface area contributed by atoms with Crippen molar-refractivity contribution in [2.24, 2.45) is 5.92 Å². The predicted octanol–water partition coefficient (Wildman–Crippen LogP) is 3.84. The van der Waals surface area contributed by atoms with Gasteiger partial charge in [0.1, 0.15) is 0 Å². The molecule has 0 radical (unpaired) electrons. The van der Waals surface area contributed by atoms with Crippen LogP contribution in [0.4, 0.5) is 10.5 Å². The molecule has 3 rings (SSSR count). The minimum atomic E-state index is -0.549. The topological polar surface area (TPSA) is 100 Å². The molecule has 4 N–H and O–H groups in total. The molecule has 1 aliphatic rings. The molecule has 4 atom stereocenters. The van der Waals surface area contributed by atoms with Crippen LogP contribution >= 0.6 is 11.8 Å². The quantitative estimate of drug-likeness (QED) is 0.425. The molecule has 4 unspecified atom stereocenters. The van der Waals surface area contributed by atoms with Crippen LogP contribution in [0, 0.1) is 5.92 Å². The molecule has 1 aliphatic heterocycles. The van der Waals surface area contributed by atoms with E-state index in [0.29, 0.717) is 18.0 Å². The van der Waals surface area contributed by atoms with Crippen molar-refractivity contribution in [3.63, 3.8) is 0 Å². The number of carbonyl (C=O) groups is 1. The van der Waals surface area contributed by atoms with Crippen molar-refractivity contribution in [3.05, 3.63) is 65.2 Å². The molecule has 32 heavy (non-hydrogen) atoms. The highest BCUT2D eigenvalue weighted by Crippen LogP contribution is 2.42. The molecule has 8 heteroatoms. The second-order valence-electron chi connectivity index (χ2n) is 7.73. The van der Waals surface area contributed by atoms with Crippen LogP contribution in [0.2, 0.25) is 0 Å². The number of ether oxygens (including phenoxy) is 2. The van der Waals surface area contributed by atoms with Gasteiger partial charge in [0.2, 0.25) is 0 Å². The number of aliphatic hydroxyl groups excluding tert-OH is 2. The first kappa shape index (κ1) is 24.5. The predicted molar refractivity (Wildman–Crippen MR) is 127 cm³/mol. The van der Waals surface area contributed by atoms with Crippen molar-refractivity contribution >= 4 is 23.5 Å². The molecule has 174 valence electrons. The van der Waals surface area contributed by atoms with E-state index in [4.69, 9.17) is 14.6 Å². The van der Waals surface area contributed by atoms with E-state index in [-0.39, 0.29) is 37.4 Å². The summed E-state index contributed by atoms with van der Waals surface area (Å²) in [6.07, 6.45) is -0.776. The second-order valence-corrected chi connectivity index (χ2v) is 8.88. The summed E-state index contributed by atoms with van der Waals surface area (Å²) < 4.78 is 12.7. The molecular formula is C24H32N2O5S. The van der Waals surface area contributed by atoms with E-state index in [9.17, 15) is 9.90 Å². The van der Waals surface area contributed by atoms with E-state index >= 15 is 0 Å². The fourth-order valence-electron chi connectivity index (χ4n) is 3.63. The number of rotatable bonds is 9. The average molecular weight is 461 g/mol. The lowest BCUT2D eigenvalue weighted by molar-refractivity contribution is -0.268. The molecular weight excluding hydrogens is 428 g/mol. The number of anilines is 1. The molecule has 2 amide bonds. The SMILES string of the molecule is CCNC(=O)Nc1ccc(C2OC(CSCCO)C(C)C(c3ccc(CO)cc3)O2)cc1. The Bertz CT molecular complexity index is 846. The Morgan fingerprint density at radius 1 is 1.03 bits per heavy atom. The third kappa shape index (κ3) is 6.46. The summed E-state index contributed by atoms with van der Waals surface area (Å²) in [6.45, 7) is 4.68. The van der Waals surface area contributed by atoms with Crippen LogP contribution in [0.1, 0.15) is 42.9 Å². The number of hydrogen-bond acceptors (Lipinski definition) is 6. The summed E-state index contributed by atoms with van der Waals surface area (Å²) in [5.74, 6) is 1.52. The molecule has 0 aliphatic carbocycles. The van der Waals surface area contributed by atoms with Gasteiger partial charge in [-0.3, -0.25) is 0 Å². The third-order valence-corrected chi connectivity index (χ3v) is 6.45. The summed E-state index contributed by atoms with van der Waals surface area (Å²) in [5, 5.41) is 24.0. The Balaban J connectivity index is 1.78. The van der Waals surface area contributed by atoms with Gasteiger partial charge in [-0.25, -0.2) is 4.79 Å². The van der Waals surface area contributed by atoms with Gasteiger partial charge >= 0.3 is 6.03 Å². The first-order valence-corrected chi connectivity index (χ1v) is 12.0. The van der Waals surface area contributed by atoms with E-state index in [1.807, 2.05) is 55.5 Å². The standard InChI is InChI=1S/C24H32N2O5S/c1-3-25-24(29)26-20-10-8-19(9-11-20)23-30-21(15-32-13-12-27)16(2)22(31-23)18-6-4-17(14-28)5-7-18/h4-11,16,21-23,27-28H,3,12-15H2,1-2H3,(H2,25,26,29). The molecule has 1 heterocycles. The number of carbonyl (C=O) groups excluding carboxylic acids is 1. The van der Waals surface area contributed by atoms with Crippen molar-refractivity contribution in [2.75, 3.05) is 30.0 Å². The van der Waals surface area contributed by atoms with Crippen LogP contribution in [-0.4, -0.2) is 47.0 Å². The summed E-state index contributed by atoms with van der Waals surface area (Å²) in [5.41, 5.74) is 3.45. The lowest BCUT2D eigenvalue weighted by atomic mass is 9.91. The van der Waals surface area contributed by atoms with Gasteiger partial charge in [0.25, 0.3) is 0 Å². The third-order valence-electron chi connectivity index (χ3n) is 5.42. The van der Waals surface area contributed by atoms with Gasteiger partial charge in [0.05, 0.1) is 25.4 Å². The maximum Gasteiger partial charge on any atom is 0.319 e. The Kier molecular flexibility index (Phi) is 9.37. The molecule has 0 bridgehead atoms. The zero-order valence-corrected chi connectivity index (χ0v) is 19.3. The van der Waals surface area contributed by atoms with Gasteiger partial charge in [-0.15, -0.1) is 0 Å². The first-order chi connectivity index (χ1) is 15.5. The van der Waals surface area contributed by atoms with Crippen molar-refractivity contribution in [2.45, 2.75) is 39.0 Å². The smallest absolute Gasteiger partial charge is 0.319 e. The monoisotopic (exact) mass is 460 g/mol. The molecule has 0 saturated carbocycles. The van der Waals surface area contributed by atoms with Gasteiger partial charge in [-0.05, 0) is 30.2 Å². The number of hydrogen-bond donors (Lipinski definition) is 4. The van der Waals surface area contributed by atoms with Crippen molar-refractivity contribution in [3.8, 4) is 0 Å². The van der Waals surface area contributed by atoms with Gasteiger partial charge in [-0.2, -0.15) is 11.8 Å². The van der Waals surface area contributed by atoms with Crippen LogP contribution in [0.25, 0.3) is 0 Å². The number of benzene rings is 2. The lowest BCUT2D eigenvalue weighted by Gasteiger charge is -2.41. The number of nitrogens with one attached hydrogen (secondary N) is 2. The molecule has 0 aromatic heterocycles. The Morgan fingerprint density at radius 2 is 1.72 bits per heavy atom. The fourth-order valence-corrected chi connectivity index (χ4v) is 4.54. The second kappa shape index (κ2) is 12.2. The maximum absolute atomic E-state index is 11.7. The fraction of sp³-hybridized carbons (Fsp3) is 0.458. The van der Waals surface area contributed by atoms with Crippen LogP contribution in [-0.2, 0) is 16.1 Å². The molecule has 1 fully saturated rings. The van der Waals surface area contributed by atoms with E-state index < -0.39 is 6.29 Å². The zero-order valence-electron chi connectivity index (χ0n) is 18.5. The van der Waals surface area contributed by atoms with E-state index in [2.05, 4.69) is 17.6 Å². The molecule has 1 saturated heterocycles. The van der Waals surface area contributed by atoms with Gasteiger partial charge in [-0.1, -0.05) is 43.3 Å². The van der Waals surface area contributed by atoms with E-state index in [0.717, 1.165) is 22.4 Å². The number of amides is 2.